The molecule has 12 heteroatoms. The maximum absolute atomic E-state index is 14.6. The molecule has 0 atom stereocenters. The molecule has 0 unspecified atom stereocenters. The van der Waals surface area contributed by atoms with E-state index in [4.69, 9.17) is 16.3 Å². The minimum atomic E-state index is -4.14. The molecule has 1 aliphatic heterocycles. The van der Waals surface area contributed by atoms with E-state index < -0.39 is 21.4 Å². The zero-order valence-corrected chi connectivity index (χ0v) is 22.0. The van der Waals surface area contributed by atoms with Crippen LogP contribution in [0.2, 0.25) is 5.02 Å². The van der Waals surface area contributed by atoms with Crippen LogP contribution < -0.4 is 15.6 Å². The van der Waals surface area contributed by atoms with E-state index in [0.29, 0.717) is 11.3 Å². The van der Waals surface area contributed by atoms with Gasteiger partial charge in [0.05, 0.1) is 24.2 Å². The lowest BCUT2D eigenvalue weighted by atomic mass is 10.1. The minimum Gasteiger partial charge on any atom is -0.493 e. The van der Waals surface area contributed by atoms with E-state index in [1.165, 1.54) is 36.6 Å². The molecule has 3 heterocycles. The van der Waals surface area contributed by atoms with E-state index in [-0.39, 0.29) is 50.6 Å². The second kappa shape index (κ2) is 9.73. The fourth-order valence-corrected chi connectivity index (χ4v) is 6.11. The Hall–Kier alpha value is -3.54. The van der Waals surface area contributed by atoms with Crippen LogP contribution in [0.3, 0.4) is 0 Å². The maximum atomic E-state index is 14.6. The lowest BCUT2D eigenvalue weighted by molar-refractivity contribution is 0.408. The Morgan fingerprint density at radius 3 is 2.68 bits per heavy atom. The molecule has 37 heavy (non-hydrogen) atoms. The number of aryl methyl sites for hydroxylation is 1. The molecule has 0 fully saturated rings. The van der Waals surface area contributed by atoms with Crippen molar-refractivity contribution in [1.29, 1.82) is 0 Å². The van der Waals surface area contributed by atoms with E-state index in [2.05, 4.69) is 14.8 Å². The predicted octanol–water partition coefficient (Wildman–Crippen LogP) is 4.94. The van der Waals surface area contributed by atoms with Gasteiger partial charge >= 0.3 is 0 Å². The Kier molecular flexibility index (Phi) is 6.61. The van der Waals surface area contributed by atoms with Crippen molar-refractivity contribution in [2.75, 3.05) is 12.4 Å². The van der Waals surface area contributed by atoms with Gasteiger partial charge in [0.15, 0.2) is 11.6 Å². The lowest BCUT2D eigenvalue weighted by Gasteiger charge is -2.21. The van der Waals surface area contributed by atoms with Crippen LogP contribution in [0, 0.1) is 5.82 Å². The summed E-state index contributed by atoms with van der Waals surface area (Å²) >= 11 is 7.56. The van der Waals surface area contributed by atoms with Gasteiger partial charge in [0.1, 0.15) is 22.0 Å². The van der Waals surface area contributed by atoms with Crippen LogP contribution in [0.4, 0.5) is 10.1 Å². The average molecular weight is 559 g/mol. The van der Waals surface area contributed by atoms with Gasteiger partial charge in [-0.3, -0.25) is 4.79 Å². The van der Waals surface area contributed by atoms with E-state index >= 15 is 0 Å². The van der Waals surface area contributed by atoms with Crippen LogP contribution in [0.5, 0.6) is 5.75 Å². The maximum Gasteiger partial charge on any atom is 0.286 e. The molecule has 1 aliphatic rings. The molecular weight excluding hydrogens is 539 g/mol. The molecule has 8 nitrogen and oxygen atoms in total. The van der Waals surface area contributed by atoms with Crippen LogP contribution in [-0.2, 0) is 23.0 Å². The summed E-state index contributed by atoms with van der Waals surface area (Å²) in [7, 11) is -2.79. The highest BCUT2D eigenvalue weighted by molar-refractivity contribution is 7.90. The van der Waals surface area contributed by atoms with E-state index in [9.17, 15) is 17.6 Å². The normalized spacial score (nSPS) is 14.0. The summed E-state index contributed by atoms with van der Waals surface area (Å²) in [5, 5.41) is 9.38. The fourth-order valence-electron chi connectivity index (χ4n) is 4.01. The van der Waals surface area contributed by atoms with Crippen molar-refractivity contribution in [3.8, 4) is 16.3 Å². The number of rotatable bonds is 6. The number of methoxy groups -OCH3 is 1. The van der Waals surface area contributed by atoms with Crippen LogP contribution in [0.25, 0.3) is 10.6 Å². The van der Waals surface area contributed by atoms with Crippen LogP contribution >= 0.6 is 22.9 Å². The van der Waals surface area contributed by atoms with Crippen molar-refractivity contribution in [2.24, 2.45) is 4.40 Å². The number of hydrogen-bond donors (Lipinski definition) is 1. The number of ether oxygens (including phenoxy) is 1. The molecule has 0 amide bonds. The van der Waals surface area contributed by atoms with Crippen molar-refractivity contribution in [2.45, 2.75) is 24.8 Å². The number of aromatic nitrogens is 2. The first-order chi connectivity index (χ1) is 17.7. The van der Waals surface area contributed by atoms with Gasteiger partial charge in [0.2, 0.25) is 0 Å². The van der Waals surface area contributed by atoms with Gasteiger partial charge in [-0.1, -0.05) is 36.7 Å². The zero-order chi connectivity index (χ0) is 26.3. The third-order valence-electron chi connectivity index (χ3n) is 5.87. The first-order valence-corrected chi connectivity index (χ1v) is 13.8. The highest BCUT2D eigenvalue weighted by Gasteiger charge is 2.31. The number of nitrogens with zero attached hydrogens (tertiary/aromatic N) is 3. The van der Waals surface area contributed by atoms with Crippen molar-refractivity contribution in [3.05, 3.63) is 91.8 Å². The van der Waals surface area contributed by atoms with Crippen molar-refractivity contribution >= 4 is 44.5 Å². The Balaban J connectivity index is 1.76. The SMILES string of the molecule is CCc1ccc2c(c1)S(=O)(=O)N=C(c1c(OC)c(-c3cccs3)nn(Cc3c(F)cccc3Cl)c1=O)N2. The number of benzene rings is 2. The molecule has 4 aromatic rings. The zero-order valence-electron chi connectivity index (χ0n) is 19.7. The third-order valence-corrected chi connectivity index (χ3v) is 8.42. The molecule has 0 saturated heterocycles. The summed E-state index contributed by atoms with van der Waals surface area (Å²) in [6.45, 7) is 1.62. The Morgan fingerprint density at radius 1 is 1.19 bits per heavy atom. The second-order valence-electron chi connectivity index (χ2n) is 8.12. The number of hydrogen-bond acceptors (Lipinski definition) is 7. The number of anilines is 1. The highest BCUT2D eigenvalue weighted by Crippen LogP contribution is 2.36. The summed E-state index contributed by atoms with van der Waals surface area (Å²) in [6.07, 6.45) is 0.644. The summed E-state index contributed by atoms with van der Waals surface area (Å²) < 4.78 is 51.5. The van der Waals surface area contributed by atoms with E-state index in [1.54, 1.807) is 30.3 Å². The Labute approximate surface area is 221 Å². The predicted molar refractivity (Wildman–Crippen MR) is 142 cm³/mol. The molecule has 0 spiro atoms. The summed E-state index contributed by atoms with van der Waals surface area (Å²) in [4.78, 5) is 14.4. The van der Waals surface area contributed by atoms with Gasteiger partial charge in [0, 0.05) is 10.6 Å². The van der Waals surface area contributed by atoms with Crippen molar-refractivity contribution < 1.29 is 17.5 Å². The van der Waals surface area contributed by atoms with Gasteiger partial charge < -0.3 is 10.1 Å². The fraction of sp³-hybridized carbons (Fsp3) is 0.160. The molecule has 2 aromatic heterocycles. The van der Waals surface area contributed by atoms with E-state index in [0.717, 1.165) is 10.2 Å². The molecule has 190 valence electrons. The topological polar surface area (TPSA) is 103 Å². The number of nitrogens with one attached hydrogen (secondary N) is 1. The molecule has 1 N–H and O–H groups in total. The van der Waals surface area contributed by atoms with Gasteiger partial charge in [-0.25, -0.2) is 9.07 Å². The third kappa shape index (κ3) is 4.54. The van der Waals surface area contributed by atoms with Gasteiger partial charge in [0.25, 0.3) is 15.6 Å². The molecule has 2 aromatic carbocycles. The van der Waals surface area contributed by atoms with Gasteiger partial charge in [-0.05, 0) is 47.7 Å². The summed E-state index contributed by atoms with van der Waals surface area (Å²) in [5.41, 5.74) is 0.563. The second-order valence-corrected chi connectivity index (χ2v) is 11.0. The summed E-state index contributed by atoms with van der Waals surface area (Å²) in [6, 6.07) is 12.8. The number of thiophene rings is 1. The van der Waals surface area contributed by atoms with Gasteiger partial charge in [-0.15, -0.1) is 15.7 Å². The van der Waals surface area contributed by atoms with Crippen molar-refractivity contribution in [1.82, 2.24) is 9.78 Å². The lowest BCUT2D eigenvalue weighted by Crippen LogP contribution is -2.35. The van der Waals surface area contributed by atoms with E-state index in [1.807, 2.05) is 12.3 Å². The first kappa shape index (κ1) is 25.1. The van der Waals surface area contributed by atoms with Crippen LogP contribution in [-0.4, -0.2) is 31.1 Å². The number of fused-ring (bicyclic) bond motifs is 1. The number of sulfonamides is 1. The van der Waals surface area contributed by atoms with Crippen LogP contribution in [0.1, 0.15) is 23.6 Å². The molecule has 0 bridgehead atoms. The van der Waals surface area contributed by atoms with Gasteiger partial charge in [-0.2, -0.15) is 13.5 Å². The molecule has 5 rings (SSSR count). The highest BCUT2D eigenvalue weighted by atomic mass is 35.5. The Morgan fingerprint density at radius 2 is 2.00 bits per heavy atom. The van der Waals surface area contributed by atoms with Crippen LogP contribution in [0.15, 0.2) is 68.0 Å². The smallest absolute Gasteiger partial charge is 0.286 e. The molecule has 0 aliphatic carbocycles. The molecule has 0 saturated carbocycles. The summed E-state index contributed by atoms with van der Waals surface area (Å²) in [5.74, 6) is -0.779. The monoisotopic (exact) mass is 558 g/mol. The molecule has 0 radical (unpaired) electrons. The standard InChI is InChI=1S/C25H20ClFN4O4S2/c1-3-14-9-10-18-20(12-14)37(33,34)30-24(28-18)21-23(35-2)22(19-8-5-11-36-19)29-31(25(21)32)13-15-16(26)6-4-7-17(15)27/h4-12H,3,13H2,1-2H3,(H,28,30). The quantitative estimate of drug-likeness (QED) is 0.359. The van der Waals surface area contributed by atoms with Crippen molar-refractivity contribution in [3.63, 3.8) is 0 Å². The average Bonchev–Trinajstić information content (AvgIpc) is 3.41. The largest absolute Gasteiger partial charge is 0.493 e. The number of halogens is 2. The first-order valence-electron chi connectivity index (χ1n) is 11.1. The number of amidine groups is 1. The molecular formula is C25H20ClFN4O4S2. The Bertz CT molecular complexity index is 1700. The minimum absolute atomic E-state index is 0.0144.